The van der Waals surface area contributed by atoms with Crippen LogP contribution in [0.1, 0.15) is 23.0 Å². The summed E-state index contributed by atoms with van der Waals surface area (Å²) >= 11 is 0. The van der Waals surface area contributed by atoms with Crippen molar-refractivity contribution < 1.29 is 19.4 Å². The van der Waals surface area contributed by atoms with Crippen molar-refractivity contribution >= 4 is 22.9 Å². The summed E-state index contributed by atoms with van der Waals surface area (Å²) in [6.45, 7) is 0. The van der Waals surface area contributed by atoms with Crippen LogP contribution in [0.3, 0.4) is 0 Å². The summed E-state index contributed by atoms with van der Waals surface area (Å²) < 4.78 is 0. The molecule has 8 heteroatoms. The molecule has 0 aliphatic heterocycles. The number of rotatable bonds is 4. The molecule has 0 atom stereocenters. The summed E-state index contributed by atoms with van der Waals surface area (Å²) in [5.74, 6) is -2.51. The number of carbonyl (C=O) groups is 2. The van der Waals surface area contributed by atoms with E-state index in [0.29, 0.717) is 11.1 Å². The van der Waals surface area contributed by atoms with Gasteiger partial charge < -0.3 is 0 Å². The van der Waals surface area contributed by atoms with Gasteiger partial charge in [-0.15, -0.1) is 0 Å². The topological polar surface area (TPSA) is 120 Å². The van der Waals surface area contributed by atoms with Crippen LogP contribution in [0.5, 0.6) is 0 Å². The summed E-state index contributed by atoms with van der Waals surface area (Å²) in [4.78, 5) is 44.8. The maximum absolute atomic E-state index is 12.3. The predicted octanol–water partition coefficient (Wildman–Crippen LogP) is 2.52. The van der Waals surface area contributed by atoms with Gasteiger partial charge in [-0.05, 0) is 11.1 Å². The van der Waals surface area contributed by atoms with Crippen LogP contribution in [0.2, 0.25) is 0 Å². The Hall–Kier alpha value is -3.42. The summed E-state index contributed by atoms with van der Waals surface area (Å²) in [5, 5.41) is 21.3. The molecule has 120 valence electrons. The van der Waals surface area contributed by atoms with Crippen LogP contribution in [0.4, 0.5) is 11.4 Å². The third-order valence-electron chi connectivity index (χ3n) is 4.01. The number of nitro benzene ring substituents is 2. The number of non-ortho nitro benzene ring substituents is 2. The molecular formula is C16H10N2O6. The molecule has 0 aromatic heterocycles. The van der Waals surface area contributed by atoms with E-state index in [1.807, 2.05) is 0 Å². The Balaban J connectivity index is 1.81. The first-order valence-corrected chi connectivity index (χ1v) is 6.96. The lowest BCUT2D eigenvalue weighted by atomic mass is 9.66. The SMILES string of the molecule is O=C1C(c2ccc([N+](=O)[O-])cc2)C(=O)C1c1ccc([N+](=O)[O-])cc1. The van der Waals surface area contributed by atoms with E-state index in [4.69, 9.17) is 0 Å². The Bertz CT molecular complexity index is 772. The van der Waals surface area contributed by atoms with Crippen molar-refractivity contribution in [3.8, 4) is 0 Å². The second-order valence-electron chi connectivity index (χ2n) is 5.37. The minimum atomic E-state index is -0.939. The van der Waals surface area contributed by atoms with Gasteiger partial charge in [0.05, 0.1) is 9.85 Å². The maximum atomic E-state index is 12.3. The van der Waals surface area contributed by atoms with Crippen molar-refractivity contribution in [1.29, 1.82) is 0 Å². The highest BCUT2D eigenvalue weighted by Crippen LogP contribution is 2.41. The van der Waals surface area contributed by atoms with Gasteiger partial charge in [0.1, 0.15) is 11.8 Å². The fourth-order valence-electron chi connectivity index (χ4n) is 2.75. The third-order valence-corrected chi connectivity index (χ3v) is 4.01. The molecule has 0 saturated heterocycles. The molecule has 2 aromatic rings. The standard InChI is InChI=1S/C16H10N2O6/c19-15-13(9-1-5-11(6-2-9)17(21)22)16(20)14(15)10-3-7-12(8-4-10)18(23)24/h1-8,13-14H. The number of hydrogen-bond acceptors (Lipinski definition) is 6. The number of ketones is 2. The van der Waals surface area contributed by atoms with Crippen LogP contribution in [-0.2, 0) is 9.59 Å². The van der Waals surface area contributed by atoms with Crippen molar-refractivity contribution in [1.82, 2.24) is 0 Å². The summed E-state index contributed by atoms with van der Waals surface area (Å²) in [5.41, 5.74) is 0.581. The molecule has 1 aliphatic rings. The van der Waals surface area contributed by atoms with Crippen LogP contribution < -0.4 is 0 Å². The van der Waals surface area contributed by atoms with E-state index < -0.39 is 21.7 Å². The number of hydrogen-bond donors (Lipinski definition) is 0. The van der Waals surface area contributed by atoms with E-state index in [0.717, 1.165) is 0 Å². The Morgan fingerprint density at radius 3 is 1.17 bits per heavy atom. The van der Waals surface area contributed by atoms with Crippen molar-refractivity contribution in [3.63, 3.8) is 0 Å². The van der Waals surface area contributed by atoms with E-state index >= 15 is 0 Å². The van der Waals surface area contributed by atoms with Crippen LogP contribution in [-0.4, -0.2) is 21.4 Å². The van der Waals surface area contributed by atoms with E-state index in [2.05, 4.69) is 0 Å². The van der Waals surface area contributed by atoms with Crippen molar-refractivity contribution in [2.75, 3.05) is 0 Å². The van der Waals surface area contributed by atoms with Gasteiger partial charge in [-0.2, -0.15) is 0 Å². The summed E-state index contributed by atoms with van der Waals surface area (Å²) in [6.07, 6.45) is 0. The van der Waals surface area contributed by atoms with Crippen LogP contribution in [0.15, 0.2) is 48.5 Å². The highest BCUT2D eigenvalue weighted by Gasteiger charge is 2.50. The Kier molecular flexibility index (Phi) is 3.64. The molecule has 1 aliphatic carbocycles. The van der Waals surface area contributed by atoms with Gasteiger partial charge in [0, 0.05) is 24.3 Å². The molecule has 0 N–H and O–H groups in total. The fraction of sp³-hybridized carbons (Fsp3) is 0.125. The smallest absolute Gasteiger partial charge is 0.269 e. The lowest BCUT2D eigenvalue weighted by molar-refractivity contribution is -0.385. The first kappa shape index (κ1) is 15.5. The van der Waals surface area contributed by atoms with Crippen LogP contribution in [0.25, 0.3) is 0 Å². The summed E-state index contributed by atoms with van der Waals surface area (Å²) in [7, 11) is 0. The highest BCUT2D eigenvalue weighted by atomic mass is 16.6. The average Bonchev–Trinajstić information content (AvgIpc) is 2.56. The summed E-state index contributed by atoms with van der Waals surface area (Å²) in [6, 6.07) is 10.6. The van der Waals surface area contributed by atoms with Gasteiger partial charge >= 0.3 is 0 Å². The molecular weight excluding hydrogens is 316 g/mol. The minimum absolute atomic E-state index is 0.120. The monoisotopic (exact) mass is 326 g/mol. The van der Waals surface area contributed by atoms with Gasteiger partial charge in [0.2, 0.25) is 0 Å². The van der Waals surface area contributed by atoms with Gasteiger partial charge in [-0.25, -0.2) is 0 Å². The molecule has 0 bridgehead atoms. The zero-order valence-electron chi connectivity index (χ0n) is 12.1. The van der Waals surface area contributed by atoms with Gasteiger partial charge in [0.15, 0.2) is 11.6 Å². The zero-order chi connectivity index (χ0) is 17.4. The number of Topliss-reactive ketones (excluding diaryl/α,β-unsaturated/α-hetero) is 2. The van der Waals surface area contributed by atoms with Crippen molar-refractivity contribution in [2.45, 2.75) is 11.8 Å². The number of nitro groups is 2. The van der Waals surface area contributed by atoms with Crippen molar-refractivity contribution in [2.24, 2.45) is 0 Å². The molecule has 0 spiro atoms. The molecule has 1 saturated carbocycles. The van der Waals surface area contributed by atoms with Gasteiger partial charge in [0.25, 0.3) is 11.4 Å². The quantitative estimate of drug-likeness (QED) is 0.483. The van der Waals surface area contributed by atoms with E-state index in [1.54, 1.807) is 0 Å². The van der Waals surface area contributed by atoms with Gasteiger partial charge in [-0.3, -0.25) is 29.8 Å². The zero-order valence-corrected chi connectivity index (χ0v) is 12.1. The highest BCUT2D eigenvalue weighted by molar-refractivity contribution is 6.31. The molecule has 0 heterocycles. The molecule has 1 fully saturated rings. The first-order valence-electron chi connectivity index (χ1n) is 6.96. The molecule has 0 amide bonds. The minimum Gasteiger partial charge on any atom is -0.297 e. The molecule has 0 radical (unpaired) electrons. The Labute approximate surface area is 135 Å². The molecule has 3 rings (SSSR count). The Morgan fingerprint density at radius 2 is 0.917 bits per heavy atom. The fourth-order valence-corrected chi connectivity index (χ4v) is 2.75. The van der Waals surface area contributed by atoms with Crippen molar-refractivity contribution in [3.05, 3.63) is 79.9 Å². The molecule has 8 nitrogen and oxygen atoms in total. The maximum Gasteiger partial charge on any atom is 0.269 e. The number of nitrogens with zero attached hydrogens (tertiary/aromatic N) is 2. The Morgan fingerprint density at radius 1 is 0.625 bits per heavy atom. The first-order chi connectivity index (χ1) is 11.4. The van der Waals surface area contributed by atoms with Crippen LogP contribution in [0, 0.1) is 20.2 Å². The normalized spacial score (nSPS) is 19.7. The van der Waals surface area contributed by atoms with E-state index in [-0.39, 0.29) is 22.9 Å². The van der Waals surface area contributed by atoms with E-state index in [9.17, 15) is 29.8 Å². The predicted molar refractivity (Wildman–Crippen MR) is 81.7 cm³/mol. The lowest BCUT2D eigenvalue weighted by Gasteiger charge is -2.32. The van der Waals surface area contributed by atoms with Crippen LogP contribution >= 0.6 is 0 Å². The van der Waals surface area contributed by atoms with E-state index in [1.165, 1.54) is 48.5 Å². The second kappa shape index (κ2) is 5.65. The van der Waals surface area contributed by atoms with Gasteiger partial charge in [-0.1, -0.05) is 24.3 Å². The average molecular weight is 326 g/mol. The second-order valence-corrected chi connectivity index (χ2v) is 5.37. The number of carbonyl (C=O) groups excluding carboxylic acids is 2. The third kappa shape index (κ3) is 2.43. The lowest BCUT2D eigenvalue weighted by Crippen LogP contribution is -2.44. The molecule has 0 unspecified atom stereocenters. The number of benzene rings is 2. The largest absolute Gasteiger partial charge is 0.297 e. The molecule has 2 aromatic carbocycles. The molecule has 24 heavy (non-hydrogen) atoms.